The average Bonchev–Trinajstić information content (AvgIpc) is 3.11. The minimum absolute atomic E-state index is 0.0961. The average molecular weight is 421 g/mol. The Balaban J connectivity index is 1.46. The molecule has 0 saturated heterocycles. The van der Waals surface area contributed by atoms with E-state index >= 15 is 0 Å². The molecule has 1 amide bonds. The smallest absolute Gasteiger partial charge is 0.220 e. The van der Waals surface area contributed by atoms with E-state index in [1.54, 1.807) is 18.2 Å². The second-order valence-electron chi connectivity index (χ2n) is 7.26. The fraction of sp³-hybridized carbons (Fsp3) is 0.160. The molecule has 5 heteroatoms. The molecule has 3 nitrogen and oxygen atoms in total. The monoisotopic (exact) mass is 420 g/mol. The Labute approximate surface area is 180 Å². The number of aromatic nitrogens is 1. The third-order valence-corrected chi connectivity index (χ3v) is 5.59. The molecule has 0 fully saturated rings. The van der Waals surface area contributed by atoms with Gasteiger partial charge in [-0.2, -0.15) is 0 Å². The van der Waals surface area contributed by atoms with E-state index in [0.29, 0.717) is 24.9 Å². The first-order valence-electron chi connectivity index (χ1n) is 9.92. The molecule has 0 saturated carbocycles. The van der Waals surface area contributed by atoms with Crippen molar-refractivity contribution < 1.29 is 9.18 Å². The van der Waals surface area contributed by atoms with Crippen molar-refractivity contribution in [2.45, 2.75) is 25.9 Å². The van der Waals surface area contributed by atoms with Gasteiger partial charge in [-0.3, -0.25) is 4.79 Å². The summed E-state index contributed by atoms with van der Waals surface area (Å²) in [5.41, 5.74) is 3.76. The van der Waals surface area contributed by atoms with Crippen LogP contribution in [0.1, 0.15) is 23.1 Å². The lowest BCUT2D eigenvalue weighted by atomic mass is 10.1. The van der Waals surface area contributed by atoms with Gasteiger partial charge in [-0.1, -0.05) is 66.2 Å². The number of carbonyl (C=O) groups excluding carboxylic acids is 1. The van der Waals surface area contributed by atoms with Crippen LogP contribution >= 0.6 is 11.6 Å². The molecule has 4 rings (SSSR count). The summed E-state index contributed by atoms with van der Waals surface area (Å²) in [6.45, 7) is 0.861. The number of hydrogen-bond acceptors (Lipinski definition) is 1. The second kappa shape index (κ2) is 9.14. The molecule has 152 valence electrons. The summed E-state index contributed by atoms with van der Waals surface area (Å²) in [4.78, 5) is 12.3. The van der Waals surface area contributed by atoms with Gasteiger partial charge in [-0.25, -0.2) is 4.39 Å². The summed E-state index contributed by atoms with van der Waals surface area (Å²) in [5.74, 6) is -0.401. The highest BCUT2D eigenvalue weighted by Gasteiger charge is 2.12. The number of fused-ring (bicyclic) bond motifs is 1. The number of rotatable bonds is 7. The molecule has 1 heterocycles. The van der Waals surface area contributed by atoms with Crippen molar-refractivity contribution in [3.05, 3.63) is 107 Å². The van der Waals surface area contributed by atoms with E-state index in [1.807, 2.05) is 36.4 Å². The third-order valence-electron chi connectivity index (χ3n) is 5.22. The van der Waals surface area contributed by atoms with Crippen LogP contribution in [0.5, 0.6) is 0 Å². The molecule has 0 aliphatic heterocycles. The maximum Gasteiger partial charge on any atom is 0.220 e. The lowest BCUT2D eigenvalue weighted by molar-refractivity contribution is -0.121. The number of aryl methyl sites for hydroxylation is 1. The number of hydrogen-bond donors (Lipinski definition) is 1. The highest BCUT2D eigenvalue weighted by Crippen LogP contribution is 2.25. The van der Waals surface area contributed by atoms with Crippen LogP contribution in [0.15, 0.2) is 79.0 Å². The Morgan fingerprint density at radius 3 is 2.40 bits per heavy atom. The van der Waals surface area contributed by atoms with Crippen molar-refractivity contribution in [3.63, 3.8) is 0 Å². The number of amides is 1. The van der Waals surface area contributed by atoms with Crippen LogP contribution in [-0.2, 0) is 24.3 Å². The molecule has 0 radical (unpaired) electrons. The van der Waals surface area contributed by atoms with Crippen LogP contribution in [0, 0.1) is 5.82 Å². The molecule has 1 aromatic heterocycles. The Kier molecular flexibility index (Phi) is 6.15. The van der Waals surface area contributed by atoms with Crippen LogP contribution in [0.2, 0.25) is 5.02 Å². The molecular weight excluding hydrogens is 399 g/mol. The fourth-order valence-corrected chi connectivity index (χ4v) is 3.83. The van der Waals surface area contributed by atoms with Crippen LogP contribution in [0.4, 0.5) is 4.39 Å². The summed E-state index contributed by atoms with van der Waals surface area (Å²) in [6.07, 6.45) is 3.05. The van der Waals surface area contributed by atoms with E-state index < -0.39 is 0 Å². The first kappa shape index (κ1) is 20.2. The zero-order valence-electron chi connectivity index (χ0n) is 16.4. The van der Waals surface area contributed by atoms with Gasteiger partial charge in [0.15, 0.2) is 0 Å². The first-order chi connectivity index (χ1) is 14.6. The van der Waals surface area contributed by atoms with E-state index in [2.05, 4.69) is 28.2 Å². The maximum absolute atomic E-state index is 13.7. The molecular formula is C25H22ClFN2O. The Bertz CT molecular complexity index is 1180. The summed E-state index contributed by atoms with van der Waals surface area (Å²) < 4.78 is 15.9. The van der Waals surface area contributed by atoms with Gasteiger partial charge in [0.25, 0.3) is 0 Å². The van der Waals surface area contributed by atoms with Crippen molar-refractivity contribution in [2.75, 3.05) is 0 Å². The number of carbonyl (C=O) groups is 1. The quantitative estimate of drug-likeness (QED) is 0.407. The van der Waals surface area contributed by atoms with E-state index in [-0.39, 0.29) is 18.3 Å². The summed E-state index contributed by atoms with van der Waals surface area (Å²) >= 11 is 6.34. The molecule has 0 aliphatic carbocycles. The minimum Gasteiger partial charge on any atom is -0.352 e. The van der Waals surface area contributed by atoms with E-state index in [1.165, 1.54) is 6.07 Å². The first-order valence-corrected chi connectivity index (χ1v) is 10.3. The fourth-order valence-electron chi connectivity index (χ4n) is 3.64. The highest BCUT2D eigenvalue weighted by atomic mass is 35.5. The summed E-state index contributed by atoms with van der Waals surface area (Å²) in [7, 11) is 0. The Morgan fingerprint density at radius 2 is 1.60 bits per heavy atom. The number of nitrogens with zero attached hydrogens (tertiary/aromatic N) is 1. The predicted octanol–water partition coefficient (Wildman–Crippen LogP) is 5.73. The maximum atomic E-state index is 13.7. The molecule has 0 unspecified atom stereocenters. The van der Waals surface area contributed by atoms with Crippen molar-refractivity contribution >= 4 is 28.4 Å². The minimum atomic E-state index is -0.305. The Hall–Kier alpha value is -3.11. The molecule has 0 atom stereocenters. The normalized spacial score (nSPS) is 11.0. The van der Waals surface area contributed by atoms with Crippen LogP contribution in [0.25, 0.3) is 10.9 Å². The van der Waals surface area contributed by atoms with E-state index in [9.17, 15) is 9.18 Å². The lowest BCUT2D eigenvalue weighted by Crippen LogP contribution is -2.23. The van der Waals surface area contributed by atoms with Crippen molar-refractivity contribution in [2.24, 2.45) is 0 Å². The zero-order chi connectivity index (χ0) is 20.9. The van der Waals surface area contributed by atoms with Gasteiger partial charge in [-0.05, 0) is 35.7 Å². The molecule has 4 aromatic rings. The molecule has 30 heavy (non-hydrogen) atoms. The number of para-hydroxylation sites is 1. The van der Waals surface area contributed by atoms with Gasteiger partial charge in [0, 0.05) is 47.2 Å². The predicted molar refractivity (Wildman–Crippen MR) is 119 cm³/mol. The van der Waals surface area contributed by atoms with Crippen LogP contribution in [-0.4, -0.2) is 10.5 Å². The standard InChI is InChI=1S/C25H22ClFN2O/c26-22-10-4-1-8-20(22)17-29-16-19(21-9-3-6-12-24(21)29)13-14-25(30)28-15-18-7-2-5-11-23(18)27/h1-12,16H,13-15,17H2,(H,28,30). The topological polar surface area (TPSA) is 34.0 Å². The van der Waals surface area contributed by atoms with Gasteiger partial charge >= 0.3 is 0 Å². The van der Waals surface area contributed by atoms with E-state index in [0.717, 1.165) is 27.1 Å². The van der Waals surface area contributed by atoms with Gasteiger partial charge in [0.05, 0.1) is 0 Å². The molecule has 1 N–H and O–H groups in total. The molecule has 0 aliphatic rings. The van der Waals surface area contributed by atoms with Gasteiger partial charge in [0.1, 0.15) is 5.82 Å². The number of benzene rings is 3. The Morgan fingerprint density at radius 1 is 0.900 bits per heavy atom. The van der Waals surface area contributed by atoms with Crippen LogP contribution in [0.3, 0.4) is 0 Å². The van der Waals surface area contributed by atoms with Gasteiger partial charge < -0.3 is 9.88 Å². The largest absolute Gasteiger partial charge is 0.352 e. The van der Waals surface area contributed by atoms with Crippen molar-refractivity contribution in [3.8, 4) is 0 Å². The number of halogens is 2. The number of nitrogens with one attached hydrogen (secondary N) is 1. The van der Waals surface area contributed by atoms with E-state index in [4.69, 9.17) is 11.6 Å². The van der Waals surface area contributed by atoms with Crippen LogP contribution < -0.4 is 5.32 Å². The van der Waals surface area contributed by atoms with Gasteiger partial charge in [-0.15, -0.1) is 0 Å². The molecule has 0 bridgehead atoms. The molecule has 3 aromatic carbocycles. The third kappa shape index (κ3) is 4.55. The second-order valence-corrected chi connectivity index (χ2v) is 7.67. The van der Waals surface area contributed by atoms with Crippen molar-refractivity contribution in [1.82, 2.24) is 9.88 Å². The van der Waals surface area contributed by atoms with Gasteiger partial charge in [0.2, 0.25) is 5.91 Å². The molecule has 0 spiro atoms. The summed E-state index contributed by atoms with van der Waals surface area (Å²) in [5, 5.41) is 4.68. The summed E-state index contributed by atoms with van der Waals surface area (Å²) in [6, 6.07) is 22.5. The lowest BCUT2D eigenvalue weighted by Gasteiger charge is -2.07. The zero-order valence-corrected chi connectivity index (χ0v) is 17.2. The SMILES string of the molecule is O=C(CCc1cn(Cc2ccccc2Cl)c2ccccc12)NCc1ccccc1F. The van der Waals surface area contributed by atoms with Crippen molar-refractivity contribution in [1.29, 1.82) is 0 Å². The highest BCUT2D eigenvalue weighted by molar-refractivity contribution is 6.31.